The number of ether oxygens (including phenoxy) is 1. The molecule has 2 saturated heterocycles. The van der Waals surface area contributed by atoms with E-state index < -0.39 is 0 Å². The molecule has 2 amide bonds. The number of likely N-dealkylation sites (tertiary alicyclic amines) is 1. The standard InChI is InChI=1S/C24H29N3O3/c1-25-22(28)13-12-21(23(25)18-8-10-20(30-2)11-9-18)24(29)27-16-14-26(15-17-27)19-6-4-3-5-7-19/h3-11,21,23H,12-17H2,1-2H3. The lowest BCUT2D eigenvalue weighted by molar-refractivity contribution is -0.146. The van der Waals surface area contributed by atoms with Crippen LogP contribution >= 0.6 is 0 Å². The number of anilines is 1. The first kappa shape index (κ1) is 20.3. The van der Waals surface area contributed by atoms with Gasteiger partial charge in [0.05, 0.1) is 19.1 Å². The number of methoxy groups -OCH3 is 1. The third-order valence-electron chi connectivity index (χ3n) is 6.35. The van der Waals surface area contributed by atoms with E-state index in [1.165, 1.54) is 5.69 Å². The van der Waals surface area contributed by atoms with E-state index in [1.54, 1.807) is 12.0 Å². The highest BCUT2D eigenvalue weighted by Crippen LogP contribution is 2.37. The Morgan fingerprint density at radius 3 is 2.27 bits per heavy atom. The smallest absolute Gasteiger partial charge is 0.228 e. The lowest BCUT2D eigenvalue weighted by Crippen LogP contribution is -2.53. The van der Waals surface area contributed by atoms with Gasteiger partial charge in [0, 0.05) is 45.3 Å². The predicted molar refractivity (Wildman–Crippen MR) is 116 cm³/mol. The van der Waals surface area contributed by atoms with Gasteiger partial charge in [-0.15, -0.1) is 0 Å². The molecule has 0 saturated carbocycles. The molecule has 2 fully saturated rings. The average molecular weight is 408 g/mol. The third-order valence-corrected chi connectivity index (χ3v) is 6.35. The molecule has 0 aromatic heterocycles. The van der Waals surface area contributed by atoms with Crippen LogP contribution in [0.3, 0.4) is 0 Å². The van der Waals surface area contributed by atoms with E-state index in [0.29, 0.717) is 25.9 Å². The number of para-hydroxylation sites is 1. The Kier molecular flexibility index (Phi) is 5.93. The van der Waals surface area contributed by atoms with Crippen LogP contribution in [0, 0.1) is 5.92 Å². The molecule has 2 atom stereocenters. The Bertz CT molecular complexity index is 876. The highest BCUT2D eigenvalue weighted by molar-refractivity contribution is 5.85. The summed E-state index contributed by atoms with van der Waals surface area (Å²) in [5, 5.41) is 0. The van der Waals surface area contributed by atoms with E-state index in [1.807, 2.05) is 54.4 Å². The Balaban J connectivity index is 1.49. The number of piperazine rings is 1. The van der Waals surface area contributed by atoms with Gasteiger partial charge in [0.2, 0.25) is 11.8 Å². The van der Waals surface area contributed by atoms with Crippen LogP contribution < -0.4 is 9.64 Å². The fraction of sp³-hybridized carbons (Fsp3) is 0.417. The zero-order valence-electron chi connectivity index (χ0n) is 17.7. The summed E-state index contributed by atoms with van der Waals surface area (Å²) < 4.78 is 5.26. The number of hydrogen-bond acceptors (Lipinski definition) is 4. The van der Waals surface area contributed by atoms with Crippen LogP contribution in [0.1, 0.15) is 24.4 Å². The molecule has 6 nitrogen and oxygen atoms in total. The van der Waals surface area contributed by atoms with Gasteiger partial charge in [-0.05, 0) is 36.2 Å². The van der Waals surface area contributed by atoms with Crippen molar-refractivity contribution < 1.29 is 14.3 Å². The first-order valence-corrected chi connectivity index (χ1v) is 10.6. The van der Waals surface area contributed by atoms with Crippen molar-refractivity contribution in [1.29, 1.82) is 0 Å². The van der Waals surface area contributed by atoms with Crippen LogP contribution in [-0.2, 0) is 9.59 Å². The second-order valence-electron chi connectivity index (χ2n) is 8.02. The molecule has 0 bridgehead atoms. The summed E-state index contributed by atoms with van der Waals surface area (Å²) in [7, 11) is 3.44. The lowest BCUT2D eigenvalue weighted by atomic mass is 9.83. The number of hydrogen-bond donors (Lipinski definition) is 0. The zero-order valence-corrected chi connectivity index (χ0v) is 17.7. The second-order valence-corrected chi connectivity index (χ2v) is 8.02. The quantitative estimate of drug-likeness (QED) is 0.782. The Hall–Kier alpha value is -3.02. The average Bonchev–Trinajstić information content (AvgIpc) is 2.81. The molecule has 158 valence electrons. The zero-order chi connectivity index (χ0) is 21.1. The third kappa shape index (κ3) is 3.99. The summed E-state index contributed by atoms with van der Waals surface area (Å²) in [5.41, 5.74) is 2.18. The first-order valence-electron chi connectivity index (χ1n) is 10.6. The van der Waals surface area contributed by atoms with Gasteiger partial charge in [0.25, 0.3) is 0 Å². The van der Waals surface area contributed by atoms with Crippen molar-refractivity contribution in [2.24, 2.45) is 5.92 Å². The Morgan fingerprint density at radius 1 is 0.967 bits per heavy atom. The van der Waals surface area contributed by atoms with E-state index in [-0.39, 0.29) is 23.8 Å². The Morgan fingerprint density at radius 2 is 1.63 bits per heavy atom. The van der Waals surface area contributed by atoms with Crippen LogP contribution in [-0.4, -0.2) is 62.0 Å². The normalized spacial score (nSPS) is 22.2. The van der Waals surface area contributed by atoms with Gasteiger partial charge in [-0.2, -0.15) is 0 Å². The van der Waals surface area contributed by atoms with Gasteiger partial charge >= 0.3 is 0 Å². The highest BCUT2D eigenvalue weighted by Gasteiger charge is 2.41. The number of benzene rings is 2. The number of piperidine rings is 1. The summed E-state index contributed by atoms with van der Waals surface area (Å²) in [4.78, 5) is 32.0. The molecule has 2 aliphatic heterocycles. The minimum Gasteiger partial charge on any atom is -0.497 e. The number of amides is 2. The van der Waals surface area contributed by atoms with Crippen LogP contribution in [0.5, 0.6) is 5.75 Å². The van der Waals surface area contributed by atoms with Gasteiger partial charge in [0.15, 0.2) is 0 Å². The lowest BCUT2D eigenvalue weighted by Gasteiger charge is -2.43. The molecule has 2 aromatic carbocycles. The van der Waals surface area contributed by atoms with Crippen molar-refractivity contribution in [2.45, 2.75) is 18.9 Å². The summed E-state index contributed by atoms with van der Waals surface area (Å²) in [6.45, 7) is 3.06. The summed E-state index contributed by atoms with van der Waals surface area (Å²) >= 11 is 0. The van der Waals surface area contributed by atoms with E-state index in [9.17, 15) is 9.59 Å². The topological polar surface area (TPSA) is 53.1 Å². The molecule has 2 heterocycles. The fourth-order valence-corrected chi connectivity index (χ4v) is 4.61. The molecular formula is C24H29N3O3. The number of carbonyl (C=O) groups excluding carboxylic acids is 2. The molecule has 0 spiro atoms. The van der Waals surface area contributed by atoms with Crippen LogP contribution in [0.2, 0.25) is 0 Å². The van der Waals surface area contributed by atoms with Gasteiger partial charge in [-0.1, -0.05) is 30.3 Å². The maximum absolute atomic E-state index is 13.5. The first-order chi connectivity index (χ1) is 14.6. The van der Waals surface area contributed by atoms with E-state index in [4.69, 9.17) is 4.74 Å². The minimum absolute atomic E-state index is 0.0914. The fourth-order valence-electron chi connectivity index (χ4n) is 4.61. The van der Waals surface area contributed by atoms with Crippen LogP contribution in [0.15, 0.2) is 54.6 Å². The van der Waals surface area contributed by atoms with Crippen LogP contribution in [0.4, 0.5) is 5.69 Å². The van der Waals surface area contributed by atoms with Gasteiger partial charge < -0.3 is 19.4 Å². The highest BCUT2D eigenvalue weighted by atomic mass is 16.5. The maximum Gasteiger partial charge on any atom is 0.228 e. The van der Waals surface area contributed by atoms with Crippen molar-refractivity contribution in [1.82, 2.24) is 9.80 Å². The molecule has 2 aromatic rings. The molecule has 0 aliphatic carbocycles. The second kappa shape index (κ2) is 8.78. The van der Waals surface area contributed by atoms with Crippen molar-refractivity contribution in [3.8, 4) is 5.75 Å². The number of nitrogens with zero attached hydrogens (tertiary/aromatic N) is 3. The molecule has 2 aliphatic rings. The van der Waals surface area contributed by atoms with Crippen molar-refractivity contribution in [3.05, 3.63) is 60.2 Å². The minimum atomic E-state index is -0.239. The van der Waals surface area contributed by atoms with E-state index in [0.717, 1.165) is 24.4 Å². The van der Waals surface area contributed by atoms with Crippen molar-refractivity contribution in [3.63, 3.8) is 0 Å². The van der Waals surface area contributed by atoms with Gasteiger partial charge in [-0.3, -0.25) is 9.59 Å². The molecule has 6 heteroatoms. The summed E-state index contributed by atoms with van der Waals surface area (Å²) in [5.74, 6) is 0.796. The molecular weight excluding hydrogens is 378 g/mol. The maximum atomic E-state index is 13.5. The molecule has 2 unspecified atom stereocenters. The van der Waals surface area contributed by atoms with Crippen molar-refractivity contribution >= 4 is 17.5 Å². The van der Waals surface area contributed by atoms with E-state index >= 15 is 0 Å². The molecule has 0 N–H and O–H groups in total. The predicted octanol–water partition coefficient (Wildman–Crippen LogP) is 2.95. The van der Waals surface area contributed by atoms with Crippen LogP contribution in [0.25, 0.3) is 0 Å². The largest absolute Gasteiger partial charge is 0.497 e. The summed E-state index contributed by atoms with van der Waals surface area (Å²) in [6, 6.07) is 17.8. The van der Waals surface area contributed by atoms with Gasteiger partial charge in [-0.25, -0.2) is 0 Å². The number of rotatable bonds is 4. The van der Waals surface area contributed by atoms with Gasteiger partial charge in [0.1, 0.15) is 5.75 Å². The van der Waals surface area contributed by atoms with Crippen molar-refractivity contribution in [2.75, 3.05) is 45.2 Å². The molecule has 4 rings (SSSR count). The molecule has 0 radical (unpaired) electrons. The SMILES string of the molecule is COc1ccc(C2C(C(=O)N3CCN(c4ccccc4)CC3)CCC(=O)N2C)cc1. The Labute approximate surface area is 178 Å². The monoisotopic (exact) mass is 407 g/mol. The molecule has 30 heavy (non-hydrogen) atoms. The number of carbonyl (C=O) groups is 2. The van der Waals surface area contributed by atoms with E-state index in [2.05, 4.69) is 17.0 Å². The summed E-state index contributed by atoms with van der Waals surface area (Å²) in [6.07, 6.45) is 1.02.